The van der Waals surface area contributed by atoms with Gasteiger partial charge in [-0.1, -0.05) is 94.8 Å². The average Bonchev–Trinajstić information content (AvgIpc) is 2.76. The summed E-state index contributed by atoms with van der Waals surface area (Å²) < 4.78 is 0. The monoisotopic (exact) mass is 410 g/mol. The van der Waals surface area contributed by atoms with Gasteiger partial charge >= 0.3 is 0 Å². The van der Waals surface area contributed by atoms with E-state index in [2.05, 4.69) is 10.6 Å². The van der Waals surface area contributed by atoms with Crippen LogP contribution in [0.15, 0.2) is 60.7 Å². The van der Waals surface area contributed by atoms with Crippen molar-refractivity contribution in [1.82, 2.24) is 10.6 Å². The third kappa shape index (κ3) is 6.17. The number of carbonyl (C=O) groups excluding carboxylic acids is 2. The van der Waals surface area contributed by atoms with E-state index >= 15 is 0 Å². The molecule has 0 aliphatic carbocycles. The molecule has 30 heavy (non-hydrogen) atoms. The van der Waals surface area contributed by atoms with Crippen LogP contribution in [-0.4, -0.2) is 35.6 Å². The molecule has 0 aromatic heterocycles. The first kappa shape index (κ1) is 23.6. The first-order chi connectivity index (χ1) is 14.4. The fourth-order valence-corrected chi connectivity index (χ4v) is 3.48. The molecule has 5 heteroatoms. The van der Waals surface area contributed by atoms with E-state index in [0.717, 1.165) is 17.5 Å². The first-order valence-corrected chi connectivity index (χ1v) is 10.7. The molecule has 0 saturated heterocycles. The van der Waals surface area contributed by atoms with Gasteiger partial charge in [0, 0.05) is 0 Å². The summed E-state index contributed by atoms with van der Waals surface area (Å²) in [4.78, 5) is 26.3. The van der Waals surface area contributed by atoms with Crippen LogP contribution in [0.25, 0.3) is 0 Å². The summed E-state index contributed by atoms with van der Waals surface area (Å²) in [6.45, 7) is 7.69. The van der Waals surface area contributed by atoms with Gasteiger partial charge in [-0.2, -0.15) is 0 Å². The van der Waals surface area contributed by atoms with Crippen LogP contribution in [0.5, 0.6) is 0 Å². The second kappa shape index (κ2) is 11.5. The van der Waals surface area contributed by atoms with Crippen molar-refractivity contribution in [2.75, 3.05) is 6.61 Å². The van der Waals surface area contributed by atoms with Crippen molar-refractivity contribution in [1.29, 1.82) is 0 Å². The molecule has 0 radical (unpaired) electrons. The summed E-state index contributed by atoms with van der Waals surface area (Å²) in [5.41, 5.74) is 1.74. The molecule has 0 fully saturated rings. The average molecular weight is 411 g/mol. The Kier molecular flexibility index (Phi) is 9.06. The van der Waals surface area contributed by atoms with Crippen LogP contribution in [0, 0.1) is 11.8 Å². The van der Waals surface area contributed by atoms with Gasteiger partial charge in [0.25, 0.3) is 0 Å². The molecule has 0 heterocycles. The summed E-state index contributed by atoms with van der Waals surface area (Å²) in [6.07, 6.45) is 0.842. The van der Waals surface area contributed by atoms with E-state index < -0.39 is 12.0 Å². The molecule has 0 saturated carbocycles. The normalized spacial score (nSPS) is 14.2. The number of benzene rings is 2. The Balaban J connectivity index is 2.25. The molecule has 162 valence electrons. The number of aliphatic hydroxyl groups is 1. The Morgan fingerprint density at radius 2 is 1.33 bits per heavy atom. The van der Waals surface area contributed by atoms with Crippen molar-refractivity contribution in [2.45, 2.75) is 52.1 Å². The molecule has 0 unspecified atom stereocenters. The zero-order valence-corrected chi connectivity index (χ0v) is 18.3. The van der Waals surface area contributed by atoms with Gasteiger partial charge in [0.05, 0.1) is 18.6 Å². The van der Waals surface area contributed by atoms with Gasteiger partial charge in [0.1, 0.15) is 6.04 Å². The lowest BCUT2D eigenvalue weighted by Gasteiger charge is -2.29. The number of amides is 2. The van der Waals surface area contributed by atoms with E-state index in [1.165, 1.54) is 0 Å². The van der Waals surface area contributed by atoms with Gasteiger partial charge in [0.15, 0.2) is 0 Å². The minimum absolute atomic E-state index is 0.0996. The number of rotatable bonds is 10. The van der Waals surface area contributed by atoms with E-state index in [-0.39, 0.29) is 36.3 Å². The Hall–Kier alpha value is -2.66. The third-order valence-corrected chi connectivity index (χ3v) is 5.63. The maximum atomic E-state index is 13.4. The Bertz CT molecular complexity index is 753. The molecule has 0 spiro atoms. The van der Waals surface area contributed by atoms with Crippen molar-refractivity contribution in [3.05, 3.63) is 71.8 Å². The number of nitrogens with one attached hydrogen (secondary N) is 2. The minimum Gasteiger partial charge on any atom is -0.394 e. The summed E-state index contributed by atoms with van der Waals surface area (Å²) in [7, 11) is 0. The van der Waals surface area contributed by atoms with Crippen LogP contribution in [0.3, 0.4) is 0 Å². The molecule has 3 N–H and O–H groups in total. The van der Waals surface area contributed by atoms with Crippen LogP contribution >= 0.6 is 0 Å². The van der Waals surface area contributed by atoms with Crippen molar-refractivity contribution in [3.63, 3.8) is 0 Å². The SMILES string of the molecule is CC[C@@H](C)[C@@H](CO)NC(=O)[C@@H](NC(=O)C(c1ccccc1)c1ccccc1)C(C)C. The van der Waals surface area contributed by atoms with E-state index in [9.17, 15) is 14.7 Å². The van der Waals surface area contributed by atoms with Gasteiger partial charge in [0.2, 0.25) is 11.8 Å². The summed E-state index contributed by atoms with van der Waals surface area (Å²) in [5, 5.41) is 15.5. The van der Waals surface area contributed by atoms with E-state index in [1.807, 2.05) is 88.4 Å². The third-order valence-electron chi connectivity index (χ3n) is 5.63. The largest absolute Gasteiger partial charge is 0.394 e. The van der Waals surface area contributed by atoms with Crippen LogP contribution < -0.4 is 10.6 Å². The second-order valence-corrected chi connectivity index (χ2v) is 8.17. The van der Waals surface area contributed by atoms with Crippen molar-refractivity contribution in [2.24, 2.45) is 11.8 Å². The predicted octanol–water partition coefficient (Wildman–Crippen LogP) is 3.48. The number of aliphatic hydroxyl groups excluding tert-OH is 1. The molecule has 0 aliphatic rings. The molecule has 2 amide bonds. The highest BCUT2D eigenvalue weighted by molar-refractivity contribution is 5.92. The highest BCUT2D eigenvalue weighted by Crippen LogP contribution is 2.25. The van der Waals surface area contributed by atoms with Crippen LogP contribution in [0.2, 0.25) is 0 Å². The molecule has 2 aromatic rings. The van der Waals surface area contributed by atoms with E-state index in [0.29, 0.717) is 0 Å². The Morgan fingerprint density at radius 3 is 1.73 bits per heavy atom. The molecule has 2 aromatic carbocycles. The lowest BCUT2D eigenvalue weighted by molar-refractivity contribution is -0.131. The van der Waals surface area contributed by atoms with Gasteiger partial charge in [-0.25, -0.2) is 0 Å². The van der Waals surface area contributed by atoms with Gasteiger partial charge in [-0.05, 0) is 23.0 Å². The molecular formula is C25H34N2O3. The predicted molar refractivity (Wildman–Crippen MR) is 120 cm³/mol. The fourth-order valence-electron chi connectivity index (χ4n) is 3.48. The van der Waals surface area contributed by atoms with Crippen LogP contribution in [-0.2, 0) is 9.59 Å². The van der Waals surface area contributed by atoms with Crippen LogP contribution in [0.4, 0.5) is 0 Å². The number of carbonyl (C=O) groups is 2. The molecule has 3 atom stereocenters. The first-order valence-electron chi connectivity index (χ1n) is 10.7. The van der Waals surface area contributed by atoms with Crippen LogP contribution in [0.1, 0.15) is 51.2 Å². The van der Waals surface area contributed by atoms with E-state index in [4.69, 9.17) is 0 Å². The molecule has 0 aliphatic heterocycles. The maximum absolute atomic E-state index is 13.4. The van der Waals surface area contributed by atoms with Gasteiger partial charge < -0.3 is 15.7 Å². The highest BCUT2D eigenvalue weighted by atomic mass is 16.3. The van der Waals surface area contributed by atoms with Crippen molar-refractivity contribution >= 4 is 11.8 Å². The van der Waals surface area contributed by atoms with Crippen molar-refractivity contribution in [3.8, 4) is 0 Å². The lowest BCUT2D eigenvalue weighted by atomic mass is 9.89. The molecular weight excluding hydrogens is 376 g/mol. The molecule has 5 nitrogen and oxygen atoms in total. The Labute approximate surface area is 179 Å². The standard InChI is InChI=1S/C25H34N2O3/c1-5-18(4)21(16-28)26-25(30)23(17(2)3)27-24(29)22(19-12-8-6-9-13-19)20-14-10-7-11-15-20/h6-15,17-18,21-23,28H,5,16H2,1-4H3,(H,26,30)(H,27,29)/t18-,21-,23+/m1/s1. The minimum atomic E-state index is -0.689. The zero-order valence-electron chi connectivity index (χ0n) is 18.3. The van der Waals surface area contributed by atoms with Crippen molar-refractivity contribution < 1.29 is 14.7 Å². The van der Waals surface area contributed by atoms with E-state index in [1.54, 1.807) is 0 Å². The van der Waals surface area contributed by atoms with Gasteiger partial charge in [-0.3, -0.25) is 9.59 Å². The summed E-state index contributed by atoms with van der Waals surface area (Å²) in [5.74, 6) is -0.950. The number of hydrogen-bond donors (Lipinski definition) is 3. The summed E-state index contributed by atoms with van der Waals surface area (Å²) in [6, 6.07) is 18.1. The quantitative estimate of drug-likeness (QED) is 0.561. The second-order valence-electron chi connectivity index (χ2n) is 8.17. The smallest absolute Gasteiger partial charge is 0.243 e. The highest BCUT2D eigenvalue weighted by Gasteiger charge is 2.31. The Morgan fingerprint density at radius 1 is 0.833 bits per heavy atom. The maximum Gasteiger partial charge on any atom is 0.243 e. The number of hydrogen-bond acceptors (Lipinski definition) is 3. The topological polar surface area (TPSA) is 78.4 Å². The fraction of sp³-hybridized carbons (Fsp3) is 0.440. The molecule has 2 rings (SSSR count). The zero-order chi connectivity index (χ0) is 22.1. The molecule has 0 bridgehead atoms. The van der Waals surface area contributed by atoms with Gasteiger partial charge in [-0.15, -0.1) is 0 Å². The lowest BCUT2D eigenvalue weighted by Crippen LogP contribution is -2.54. The summed E-state index contributed by atoms with van der Waals surface area (Å²) >= 11 is 0.